The summed E-state index contributed by atoms with van der Waals surface area (Å²) in [6.07, 6.45) is 1.17. The van der Waals surface area contributed by atoms with Gasteiger partial charge in [0.15, 0.2) is 0 Å². The standard InChI is InChI=1S/C16H21N3O/c1-3-18-8-7-13-12(9-18)11-5-4-6-14-16(11)19(13)10-15(20)17(14)2/h4-6,12-13H,3,7-10H2,1-2H3/t12-,13-/m0/s1. The highest BCUT2D eigenvalue weighted by Crippen LogP contribution is 2.50. The molecule has 1 aromatic carbocycles. The minimum Gasteiger partial charge on any atom is -0.357 e. The van der Waals surface area contributed by atoms with Crippen LogP contribution in [0.1, 0.15) is 24.8 Å². The van der Waals surface area contributed by atoms with Crippen molar-refractivity contribution in [3.63, 3.8) is 0 Å². The lowest BCUT2D eigenvalue weighted by Crippen LogP contribution is -2.51. The number of hydrogen-bond acceptors (Lipinski definition) is 3. The molecule has 4 heteroatoms. The molecule has 0 unspecified atom stereocenters. The van der Waals surface area contributed by atoms with E-state index in [9.17, 15) is 4.79 Å². The number of rotatable bonds is 1. The van der Waals surface area contributed by atoms with Crippen molar-refractivity contribution < 1.29 is 4.79 Å². The van der Waals surface area contributed by atoms with Gasteiger partial charge in [0.2, 0.25) is 5.91 Å². The Kier molecular flexibility index (Phi) is 2.58. The highest BCUT2D eigenvalue weighted by atomic mass is 16.2. The Morgan fingerprint density at radius 1 is 1.35 bits per heavy atom. The molecule has 3 heterocycles. The van der Waals surface area contributed by atoms with Gasteiger partial charge in [-0.2, -0.15) is 0 Å². The van der Waals surface area contributed by atoms with Crippen LogP contribution >= 0.6 is 0 Å². The molecule has 0 spiro atoms. The Bertz CT molecular complexity index is 571. The van der Waals surface area contributed by atoms with Gasteiger partial charge in [-0.15, -0.1) is 0 Å². The van der Waals surface area contributed by atoms with Crippen LogP contribution in [-0.4, -0.2) is 50.1 Å². The van der Waals surface area contributed by atoms with Gasteiger partial charge >= 0.3 is 0 Å². The molecule has 1 amide bonds. The predicted molar refractivity (Wildman–Crippen MR) is 80.5 cm³/mol. The molecular formula is C16H21N3O. The van der Waals surface area contributed by atoms with Gasteiger partial charge in [0.1, 0.15) is 0 Å². The predicted octanol–water partition coefficient (Wildman–Crippen LogP) is 1.66. The van der Waals surface area contributed by atoms with E-state index in [0.29, 0.717) is 18.5 Å². The monoisotopic (exact) mass is 271 g/mol. The fourth-order valence-electron chi connectivity index (χ4n) is 4.15. The summed E-state index contributed by atoms with van der Waals surface area (Å²) in [7, 11) is 1.90. The number of benzene rings is 1. The third-order valence-corrected chi connectivity index (χ3v) is 5.28. The first-order valence-corrected chi connectivity index (χ1v) is 7.59. The van der Waals surface area contributed by atoms with Gasteiger partial charge in [-0.3, -0.25) is 4.79 Å². The molecule has 3 aliphatic heterocycles. The maximum absolute atomic E-state index is 12.2. The molecule has 4 nitrogen and oxygen atoms in total. The number of fused-ring (bicyclic) bond motifs is 3. The molecule has 106 valence electrons. The first-order chi connectivity index (χ1) is 9.70. The molecule has 0 aromatic heterocycles. The lowest BCUT2D eigenvalue weighted by atomic mass is 9.89. The fraction of sp³-hybridized carbons (Fsp3) is 0.562. The Labute approximate surface area is 120 Å². The molecule has 1 aromatic rings. The van der Waals surface area contributed by atoms with E-state index >= 15 is 0 Å². The lowest BCUT2D eigenvalue weighted by Gasteiger charge is -2.40. The molecule has 0 radical (unpaired) electrons. The molecular weight excluding hydrogens is 250 g/mol. The number of likely N-dealkylation sites (tertiary alicyclic amines) is 1. The number of nitrogens with zero attached hydrogens (tertiary/aromatic N) is 3. The second kappa shape index (κ2) is 4.22. The van der Waals surface area contributed by atoms with Crippen molar-refractivity contribution in [2.45, 2.75) is 25.3 Å². The first-order valence-electron chi connectivity index (χ1n) is 7.59. The van der Waals surface area contributed by atoms with E-state index in [-0.39, 0.29) is 5.91 Å². The van der Waals surface area contributed by atoms with Crippen LogP contribution in [0.4, 0.5) is 11.4 Å². The summed E-state index contributed by atoms with van der Waals surface area (Å²) >= 11 is 0. The zero-order valence-corrected chi connectivity index (χ0v) is 12.2. The summed E-state index contributed by atoms with van der Waals surface area (Å²) in [5.74, 6) is 0.783. The largest absolute Gasteiger partial charge is 0.357 e. The van der Waals surface area contributed by atoms with Crippen molar-refractivity contribution in [1.29, 1.82) is 0 Å². The Morgan fingerprint density at radius 3 is 3.00 bits per heavy atom. The topological polar surface area (TPSA) is 26.8 Å². The number of amides is 1. The molecule has 2 atom stereocenters. The molecule has 0 bridgehead atoms. The Hall–Kier alpha value is -1.55. The third-order valence-electron chi connectivity index (χ3n) is 5.28. The molecule has 1 saturated heterocycles. The van der Waals surface area contributed by atoms with Crippen molar-refractivity contribution in [2.24, 2.45) is 0 Å². The number of piperidine rings is 1. The van der Waals surface area contributed by atoms with E-state index in [4.69, 9.17) is 0 Å². The van der Waals surface area contributed by atoms with Gasteiger partial charge in [0.05, 0.1) is 17.9 Å². The van der Waals surface area contributed by atoms with Crippen LogP contribution in [0.3, 0.4) is 0 Å². The summed E-state index contributed by atoms with van der Waals surface area (Å²) in [6.45, 7) is 6.19. The Morgan fingerprint density at radius 2 is 2.20 bits per heavy atom. The number of para-hydroxylation sites is 1. The van der Waals surface area contributed by atoms with Crippen molar-refractivity contribution in [3.05, 3.63) is 23.8 Å². The number of anilines is 2. The molecule has 1 fully saturated rings. The van der Waals surface area contributed by atoms with Gasteiger partial charge in [-0.25, -0.2) is 0 Å². The maximum Gasteiger partial charge on any atom is 0.246 e. The van der Waals surface area contributed by atoms with Gasteiger partial charge in [-0.1, -0.05) is 19.1 Å². The summed E-state index contributed by atoms with van der Waals surface area (Å²) < 4.78 is 0. The minimum atomic E-state index is 0.216. The first kappa shape index (κ1) is 12.2. The summed E-state index contributed by atoms with van der Waals surface area (Å²) in [5.41, 5.74) is 3.86. The van der Waals surface area contributed by atoms with Gasteiger partial charge in [0, 0.05) is 32.1 Å². The van der Waals surface area contributed by atoms with Crippen LogP contribution in [0.2, 0.25) is 0 Å². The van der Waals surface area contributed by atoms with Crippen LogP contribution in [0.25, 0.3) is 0 Å². The van der Waals surface area contributed by atoms with Crippen LogP contribution < -0.4 is 9.80 Å². The van der Waals surface area contributed by atoms with Crippen LogP contribution in [0, 0.1) is 0 Å². The van der Waals surface area contributed by atoms with Crippen molar-refractivity contribution in [1.82, 2.24) is 4.90 Å². The van der Waals surface area contributed by atoms with Crippen molar-refractivity contribution in [3.8, 4) is 0 Å². The normalized spacial score (nSPS) is 28.6. The zero-order valence-electron chi connectivity index (χ0n) is 12.2. The van der Waals surface area contributed by atoms with E-state index in [1.165, 1.54) is 17.7 Å². The third kappa shape index (κ3) is 1.48. The second-order valence-corrected chi connectivity index (χ2v) is 6.15. The van der Waals surface area contributed by atoms with Crippen molar-refractivity contribution in [2.75, 3.05) is 43.0 Å². The molecule has 0 N–H and O–H groups in total. The molecule has 4 rings (SSSR count). The minimum absolute atomic E-state index is 0.216. The van der Waals surface area contributed by atoms with Gasteiger partial charge in [0.25, 0.3) is 0 Å². The second-order valence-electron chi connectivity index (χ2n) is 6.15. The lowest BCUT2D eigenvalue weighted by molar-refractivity contribution is -0.117. The van der Waals surface area contributed by atoms with E-state index in [1.807, 2.05) is 11.9 Å². The molecule has 0 aliphatic carbocycles. The summed E-state index contributed by atoms with van der Waals surface area (Å²) in [5, 5.41) is 0. The van der Waals surface area contributed by atoms with E-state index in [1.54, 1.807) is 0 Å². The highest BCUT2D eigenvalue weighted by molar-refractivity contribution is 6.04. The smallest absolute Gasteiger partial charge is 0.246 e. The van der Waals surface area contributed by atoms with Gasteiger partial charge in [-0.05, 0) is 24.6 Å². The number of likely N-dealkylation sites (N-methyl/N-ethyl adjacent to an activating group) is 2. The zero-order chi connectivity index (χ0) is 13.9. The van der Waals surface area contributed by atoms with Crippen LogP contribution in [0.5, 0.6) is 0 Å². The van der Waals surface area contributed by atoms with E-state index in [2.05, 4.69) is 34.9 Å². The molecule has 3 aliphatic rings. The number of hydrogen-bond donors (Lipinski definition) is 0. The maximum atomic E-state index is 12.2. The summed E-state index contributed by atoms with van der Waals surface area (Å²) in [4.78, 5) is 19.0. The van der Waals surface area contributed by atoms with Crippen molar-refractivity contribution >= 4 is 17.3 Å². The molecule has 0 saturated carbocycles. The SMILES string of the molecule is CCN1CC[C@H]2[C@@H](C1)c1cccc3c1N2CC(=O)N3C. The fourth-order valence-corrected chi connectivity index (χ4v) is 4.15. The number of carbonyl (C=O) groups is 1. The quantitative estimate of drug-likeness (QED) is 0.777. The van der Waals surface area contributed by atoms with Crippen LogP contribution in [-0.2, 0) is 4.79 Å². The Balaban J connectivity index is 1.82. The number of carbonyl (C=O) groups excluding carboxylic acids is 1. The molecule has 20 heavy (non-hydrogen) atoms. The average molecular weight is 271 g/mol. The highest BCUT2D eigenvalue weighted by Gasteiger charge is 2.45. The van der Waals surface area contributed by atoms with Crippen LogP contribution in [0.15, 0.2) is 18.2 Å². The average Bonchev–Trinajstić information content (AvgIpc) is 2.79. The summed E-state index contributed by atoms with van der Waals surface area (Å²) in [6, 6.07) is 6.97. The van der Waals surface area contributed by atoms with Gasteiger partial charge < -0.3 is 14.7 Å². The van der Waals surface area contributed by atoms with E-state index < -0.39 is 0 Å². The van der Waals surface area contributed by atoms with E-state index in [0.717, 1.165) is 25.3 Å².